The number of rotatable bonds is 2. The van der Waals surface area contributed by atoms with E-state index in [2.05, 4.69) is 49.4 Å². The van der Waals surface area contributed by atoms with Gasteiger partial charge in [-0.3, -0.25) is 0 Å². The predicted octanol–water partition coefficient (Wildman–Crippen LogP) is 4.41. The fourth-order valence-corrected chi connectivity index (χ4v) is 2.65. The van der Waals surface area contributed by atoms with Gasteiger partial charge in [0.25, 0.3) is 0 Å². The SMILES string of the molecule is COc1ccc(-c2c(C)ccc3ccccc23)cc1N. The Balaban J connectivity index is 2.28. The van der Waals surface area contributed by atoms with Gasteiger partial charge in [0.2, 0.25) is 0 Å². The highest BCUT2D eigenvalue weighted by Crippen LogP contribution is 2.35. The maximum atomic E-state index is 6.04. The number of nitrogen functional groups attached to an aromatic ring is 1. The summed E-state index contributed by atoms with van der Waals surface area (Å²) in [5, 5.41) is 2.49. The van der Waals surface area contributed by atoms with Crippen LogP contribution in [-0.2, 0) is 0 Å². The van der Waals surface area contributed by atoms with Gasteiger partial charge in [-0.15, -0.1) is 0 Å². The fourth-order valence-electron chi connectivity index (χ4n) is 2.65. The average molecular weight is 263 g/mol. The summed E-state index contributed by atoms with van der Waals surface area (Å²) in [5.41, 5.74) is 10.3. The van der Waals surface area contributed by atoms with E-state index in [0.29, 0.717) is 11.4 Å². The number of benzene rings is 3. The van der Waals surface area contributed by atoms with Crippen molar-refractivity contribution in [2.45, 2.75) is 6.92 Å². The van der Waals surface area contributed by atoms with Crippen LogP contribution in [0.15, 0.2) is 54.6 Å². The molecule has 0 fully saturated rings. The molecule has 0 saturated carbocycles. The Morgan fingerprint density at radius 2 is 1.75 bits per heavy atom. The monoisotopic (exact) mass is 263 g/mol. The van der Waals surface area contributed by atoms with Gasteiger partial charge in [-0.05, 0) is 46.5 Å². The van der Waals surface area contributed by atoms with E-state index >= 15 is 0 Å². The second kappa shape index (κ2) is 4.89. The molecule has 0 aromatic heterocycles. The van der Waals surface area contributed by atoms with Gasteiger partial charge in [0.05, 0.1) is 12.8 Å². The van der Waals surface area contributed by atoms with Crippen molar-refractivity contribution in [2.75, 3.05) is 12.8 Å². The minimum absolute atomic E-state index is 0.664. The van der Waals surface area contributed by atoms with Crippen molar-refractivity contribution in [3.8, 4) is 16.9 Å². The van der Waals surface area contributed by atoms with Crippen molar-refractivity contribution in [3.05, 3.63) is 60.2 Å². The third-order valence-corrected chi connectivity index (χ3v) is 3.66. The molecule has 20 heavy (non-hydrogen) atoms. The molecule has 3 aromatic rings. The minimum atomic E-state index is 0.664. The van der Waals surface area contributed by atoms with E-state index in [-0.39, 0.29) is 0 Å². The van der Waals surface area contributed by atoms with Crippen molar-refractivity contribution >= 4 is 16.5 Å². The summed E-state index contributed by atoms with van der Waals surface area (Å²) in [6.45, 7) is 2.13. The zero-order chi connectivity index (χ0) is 14.1. The van der Waals surface area contributed by atoms with E-state index in [0.717, 1.165) is 5.56 Å². The summed E-state index contributed by atoms with van der Waals surface area (Å²) in [4.78, 5) is 0. The Bertz CT molecular complexity index is 777. The molecule has 100 valence electrons. The standard InChI is InChI=1S/C18H17NO/c1-12-7-8-13-5-3-4-6-15(13)18(12)14-9-10-17(20-2)16(19)11-14/h3-11H,19H2,1-2H3. The van der Waals surface area contributed by atoms with Crippen molar-refractivity contribution in [1.29, 1.82) is 0 Å². The third kappa shape index (κ3) is 1.99. The van der Waals surface area contributed by atoms with E-state index in [9.17, 15) is 0 Å². The summed E-state index contributed by atoms with van der Waals surface area (Å²) in [5.74, 6) is 0.714. The van der Waals surface area contributed by atoms with E-state index in [1.165, 1.54) is 21.9 Å². The second-order valence-corrected chi connectivity index (χ2v) is 4.94. The minimum Gasteiger partial charge on any atom is -0.495 e. The molecule has 0 unspecified atom stereocenters. The van der Waals surface area contributed by atoms with Crippen molar-refractivity contribution in [1.82, 2.24) is 0 Å². The number of fused-ring (bicyclic) bond motifs is 1. The molecule has 2 N–H and O–H groups in total. The summed E-state index contributed by atoms with van der Waals surface area (Å²) < 4.78 is 5.23. The molecule has 0 heterocycles. The topological polar surface area (TPSA) is 35.2 Å². The van der Waals surface area contributed by atoms with E-state index in [1.807, 2.05) is 12.1 Å². The van der Waals surface area contributed by atoms with E-state index in [4.69, 9.17) is 10.5 Å². The lowest BCUT2D eigenvalue weighted by atomic mass is 9.93. The summed E-state index contributed by atoms with van der Waals surface area (Å²) in [7, 11) is 1.63. The van der Waals surface area contributed by atoms with Crippen LogP contribution in [0.1, 0.15) is 5.56 Å². The Labute approximate surface area is 118 Å². The van der Waals surface area contributed by atoms with Crippen LogP contribution >= 0.6 is 0 Å². The number of nitrogens with two attached hydrogens (primary N) is 1. The molecule has 0 amide bonds. The predicted molar refractivity (Wildman–Crippen MR) is 85.1 cm³/mol. The van der Waals surface area contributed by atoms with Crippen LogP contribution in [0.5, 0.6) is 5.75 Å². The third-order valence-electron chi connectivity index (χ3n) is 3.66. The molecule has 3 rings (SSSR count). The van der Waals surface area contributed by atoms with E-state index in [1.54, 1.807) is 7.11 Å². The molecule has 3 aromatic carbocycles. The number of hydrogen-bond acceptors (Lipinski definition) is 2. The molecule has 2 nitrogen and oxygen atoms in total. The van der Waals surface area contributed by atoms with Gasteiger partial charge in [-0.1, -0.05) is 42.5 Å². The quantitative estimate of drug-likeness (QED) is 0.695. The molecule has 0 radical (unpaired) electrons. The summed E-state index contributed by atoms with van der Waals surface area (Å²) >= 11 is 0. The number of anilines is 1. The lowest BCUT2D eigenvalue weighted by Gasteiger charge is -2.12. The van der Waals surface area contributed by atoms with Crippen LogP contribution in [0.3, 0.4) is 0 Å². The first-order chi connectivity index (χ1) is 9.70. The molecule has 0 aliphatic carbocycles. The second-order valence-electron chi connectivity index (χ2n) is 4.94. The molecule has 0 aliphatic heterocycles. The molecular weight excluding hydrogens is 246 g/mol. The first-order valence-corrected chi connectivity index (χ1v) is 6.63. The van der Waals surface area contributed by atoms with Crippen molar-refractivity contribution < 1.29 is 4.74 Å². The normalized spacial score (nSPS) is 10.7. The average Bonchev–Trinajstić information content (AvgIpc) is 2.47. The van der Waals surface area contributed by atoms with Crippen LogP contribution in [0, 0.1) is 6.92 Å². The van der Waals surface area contributed by atoms with Crippen LogP contribution in [0.4, 0.5) is 5.69 Å². The summed E-state index contributed by atoms with van der Waals surface area (Å²) in [6, 6.07) is 18.7. The van der Waals surface area contributed by atoms with E-state index < -0.39 is 0 Å². The first-order valence-electron chi connectivity index (χ1n) is 6.63. The van der Waals surface area contributed by atoms with Gasteiger partial charge in [0.1, 0.15) is 5.75 Å². The van der Waals surface area contributed by atoms with Crippen LogP contribution in [-0.4, -0.2) is 7.11 Å². The number of ether oxygens (including phenoxy) is 1. The molecule has 0 spiro atoms. The molecule has 0 atom stereocenters. The Morgan fingerprint density at radius 3 is 2.50 bits per heavy atom. The Morgan fingerprint density at radius 1 is 0.950 bits per heavy atom. The highest BCUT2D eigenvalue weighted by atomic mass is 16.5. The number of hydrogen-bond donors (Lipinski definition) is 1. The van der Waals surface area contributed by atoms with Crippen molar-refractivity contribution in [2.24, 2.45) is 0 Å². The zero-order valence-corrected chi connectivity index (χ0v) is 11.7. The molecule has 0 saturated heterocycles. The van der Waals surface area contributed by atoms with Gasteiger partial charge >= 0.3 is 0 Å². The van der Waals surface area contributed by atoms with Gasteiger partial charge in [0.15, 0.2) is 0 Å². The van der Waals surface area contributed by atoms with Crippen molar-refractivity contribution in [3.63, 3.8) is 0 Å². The number of methoxy groups -OCH3 is 1. The lowest BCUT2D eigenvalue weighted by molar-refractivity contribution is 0.417. The molecule has 0 aliphatic rings. The molecule has 0 bridgehead atoms. The molecule has 2 heteroatoms. The lowest BCUT2D eigenvalue weighted by Crippen LogP contribution is -1.93. The maximum Gasteiger partial charge on any atom is 0.141 e. The van der Waals surface area contributed by atoms with Crippen LogP contribution in [0.25, 0.3) is 21.9 Å². The summed E-state index contributed by atoms with van der Waals surface area (Å²) in [6.07, 6.45) is 0. The van der Waals surface area contributed by atoms with Gasteiger partial charge in [-0.2, -0.15) is 0 Å². The highest BCUT2D eigenvalue weighted by Gasteiger charge is 2.09. The van der Waals surface area contributed by atoms with Crippen LogP contribution in [0.2, 0.25) is 0 Å². The largest absolute Gasteiger partial charge is 0.495 e. The number of aryl methyl sites for hydroxylation is 1. The fraction of sp³-hybridized carbons (Fsp3) is 0.111. The zero-order valence-electron chi connectivity index (χ0n) is 11.7. The first kappa shape index (κ1) is 12.5. The Hall–Kier alpha value is -2.48. The Kier molecular flexibility index (Phi) is 3.07. The maximum absolute atomic E-state index is 6.04. The smallest absolute Gasteiger partial charge is 0.141 e. The molecular formula is C18H17NO. The van der Waals surface area contributed by atoms with Gasteiger partial charge in [0, 0.05) is 0 Å². The highest BCUT2D eigenvalue weighted by molar-refractivity contribution is 5.98. The van der Waals surface area contributed by atoms with Crippen LogP contribution < -0.4 is 10.5 Å². The van der Waals surface area contributed by atoms with Gasteiger partial charge < -0.3 is 10.5 Å². The van der Waals surface area contributed by atoms with Gasteiger partial charge in [-0.25, -0.2) is 0 Å².